The summed E-state index contributed by atoms with van der Waals surface area (Å²) in [6, 6.07) is 0. The van der Waals surface area contributed by atoms with Gasteiger partial charge in [0.2, 0.25) is 0 Å². The smallest absolute Gasteiger partial charge is 0.337 e. The van der Waals surface area contributed by atoms with Crippen molar-refractivity contribution in [1.82, 2.24) is 5.32 Å². The summed E-state index contributed by atoms with van der Waals surface area (Å²) in [6.45, 7) is 3.59. The first-order valence-electron chi connectivity index (χ1n) is 4.08. The second kappa shape index (κ2) is 4.41. The summed E-state index contributed by atoms with van der Waals surface area (Å²) >= 11 is 0. The Hall–Kier alpha value is -1.84. The van der Waals surface area contributed by atoms with Gasteiger partial charge >= 0.3 is 5.97 Å². The molecular weight excluding hydrogens is 180 g/mol. The van der Waals surface area contributed by atoms with Crippen LogP contribution in [0.2, 0.25) is 0 Å². The number of amidine groups is 1. The molecule has 0 spiro atoms. The van der Waals surface area contributed by atoms with Crippen molar-refractivity contribution in [3.05, 3.63) is 36.1 Å². The summed E-state index contributed by atoms with van der Waals surface area (Å²) in [6.07, 6.45) is 5.19. The van der Waals surface area contributed by atoms with E-state index < -0.39 is 5.97 Å². The maximum atomic E-state index is 11.0. The van der Waals surface area contributed by atoms with Crippen molar-refractivity contribution >= 4 is 11.8 Å². The first-order valence-corrected chi connectivity index (χ1v) is 4.08. The molecule has 0 aromatic carbocycles. The van der Waals surface area contributed by atoms with Gasteiger partial charge in [-0.15, -0.1) is 0 Å². The predicted octanol–water partition coefficient (Wildman–Crippen LogP) is 0.787. The van der Waals surface area contributed by atoms with E-state index in [9.17, 15) is 4.79 Å². The average molecular weight is 192 g/mol. The van der Waals surface area contributed by atoms with Gasteiger partial charge in [-0.1, -0.05) is 6.58 Å². The van der Waals surface area contributed by atoms with Gasteiger partial charge in [-0.2, -0.15) is 0 Å². The van der Waals surface area contributed by atoms with E-state index in [1.54, 1.807) is 19.3 Å². The third kappa shape index (κ3) is 2.10. The molecule has 4 heteroatoms. The molecule has 0 aromatic rings. The highest BCUT2D eigenvalue weighted by Gasteiger charge is 2.10. The van der Waals surface area contributed by atoms with Gasteiger partial charge < -0.3 is 10.1 Å². The van der Waals surface area contributed by atoms with Crippen molar-refractivity contribution in [2.45, 2.75) is 0 Å². The number of methoxy groups -OCH3 is 1. The third-order valence-electron chi connectivity index (χ3n) is 1.76. The summed E-state index contributed by atoms with van der Waals surface area (Å²) in [7, 11) is 2.99. The van der Waals surface area contributed by atoms with Crippen LogP contribution in [0.4, 0.5) is 0 Å². The lowest BCUT2D eigenvalue weighted by Gasteiger charge is -2.00. The molecule has 0 unspecified atom stereocenters. The standard InChI is InChI=1S/C10H12N2O2/c1-7(10(13)14-3)6-8-4-5-12-9(8)11-2/h4-6H,1H2,2-3H3,(H,11,12)/b8-6-. The van der Waals surface area contributed by atoms with Crippen molar-refractivity contribution in [2.24, 2.45) is 4.99 Å². The highest BCUT2D eigenvalue weighted by Crippen LogP contribution is 2.09. The lowest BCUT2D eigenvalue weighted by atomic mass is 10.1. The largest absolute Gasteiger partial charge is 0.465 e. The summed E-state index contributed by atoms with van der Waals surface area (Å²) in [5, 5.41) is 2.93. The maximum Gasteiger partial charge on any atom is 0.337 e. The Morgan fingerprint density at radius 2 is 2.43 bits per heavy atom. The third-order valence-corrected chi connectivity index (χ3v) is 1.76. The van der Waals surface area contributed by atoms with Gasteiger partial charge in [0.25, 0.3) is 0 Å². The molecule has 1 aliphatic rings. The lowest BCUT2D eigenvalue weighted by Crippen LogP contribution is -2.13. The molecule has 4 nitrogen and oxygen atoms in total. The van der Waals surface area contributed by atoms with Crippen LogP contribution < -0.4 is 5.32 Å². The number of nitrogens with zero attached hydrogens (tertiary/aromatic N) is 1. The molecular formula is C10H12N2O2. The molecule has 0 atom stereocenters. The van der Waals surface area contributed by atoms with Gasteiger partial charge in [0.1, 0.15) is 5.84 Å². The fraction of sp³-hybridized carbons (Fsp3) is 0.200. The van der Waals surface area contributed by atoms with Crippen molar-refractivity contribution in [3.8, 4) is 0 Å². The van der Waals surface area contributed by atoms with E-state index in [-0.39, 0.29) is 0 Å². The quantitative estimate of drug-likeness (QED) is 0.519. The normalized spacial score (nSPS) is 19.9. The highest BCUT2D eigenvalue weighted by molar-refractivity contribution is 6.05. The second-order valence-electron chi connectivity index (χ2n) is 2.67. The molecule has 0 fully saturated rings. The van der Waals surface area contributed by atoms with Crippen LogP contribution in [0.25, 0.3) is 0 Å². The summed E-state index contributed by atoms with van der Waals surface area (Å²) < 4.78 is 4.52. The SMILES string of the molecule is C=C(/C=C1/C=CN/C1=N/C)C(=O)OC. The highest BCUT2D eigenvalue weighted by atomic mass is 16.5. The number of nitrogens with one attached hydrogen (secondary N) is 1. The molecule has 1 heterocycles. The van der Waals surface area contributed by atoms with Crippen LogP contribution in [-0.4, -0.2) is 26.0 Å². The molecule has 0 saturated heterocycles. The van der Waals surface area contributed by atoms with E-state index in [4.69, 9.17) is 0 Å². The van der Waals surface area contributed by atoms with Crippen LogP contribution in [0.15, 0.2) is 41.1 Å². The predicted molar refractivity (Wildman–Crippen MR) is 54.9 cm³/mol. The topological polar surface area (TPSA) is 50.7 Å². The maximum absolute atomic E-state index is 11.0. The Labute approximate surface area is 82.7 Å². The van der Waals surface area contributed by atoms with Gasteiger partial charge in [-0.25, -0.2) is 4.79 Å². The number of hydrogen-bond acceptors (Lipinski definition) is 3. The first kappa shape index (κ1) is 10.2. The lowest BCUT2D eigenvalue weighted by molar-refractivity contribution is -0.135. The van der Waals surface area contributed by atoms with Crippen molar-refractivity contribution < 1.29 is 9.53 Å². The average Bonchev–Trinajstić information content (AvgIpc) is 2.63. The summed E-state index contributed by atoms with van der Waals surface area (Å²) in [5.74, 6) is 0.281. The summed E-state index contributed by atoms with van der Waals surface area (Å²) in [4.78, 5) is 15.0. The molecule has 1 N–H and O–H groups in total. The number of carbonyl (C=O) groups excluding carboxylic acids is 1. The van der Waals surface area contributed by atoms with Crippen LogP contribution in [0.3, 0.4) is 0 Å². The van der Waals surface area contributed by atoms with Gasteiger partial charge in [0, 0.05) is 18.8 Å². The minimum absolute atomic E-state index is 0.303. The minimum Gasteiger partial charge on any atom is -0.465 e. The zero-order valence-electron chi connectivity index (χ0n) is 8.20. The molecule has 74 valence electrons. The van der Waals surface area contributed by atoms with E-state index >= 15 is 0 Å². The monoisotopic (exact) mass is 192 g/mol. The molecule has 1 rings (SSSR count). The molecule has 0 aliphatic carbocycles. The molecule has 1 aliphatic heterocycles. The van der Waals surface area contributed by atoms with Crippen molar-refractivity contribution in [2.75, 3.05) is 14.2 Å². The van der Waals surface area contributed by atoms with Crippen molar-refractivity contribution in [1.29, 1.82) is 0 Å². The van der Waals surface area contributed by atoms with Crippen LogP contribution in [-0.2, 0) is 9.53 Å². The zero-order chi connectivity index (χ0) is 10.6. The number of hydrogen-bond donors (Lipinski definition) is 1. The summed E-state index contributed by atoms with van der Waals surface area (Å²) in [5.41, 5.74) is 1.12. The van der Waals surface area contributed by atoms with E-state index in [1.807, 2.05) is 6.08 Å². The zero-order valence-corrected chi connectivity index (χ0v) is 8.20. The Morgan fingerprint density at radius 1 is 1.71 bits per heavy atom. The van der Waals surface area contributed by atoms with Crippen molar-refractivity contribution in [3.63, 3.8) is 0 Å². The first-order chi connectivity index (χ1) is 6.69. The Bertz CT molecular complexity index is 351. The fourth-order valence-corrected chi connectivity index (χ4v) is 1.06. The number of aliphatic imine (C=N–C) groups is 1. The molecule has 0 amide bonds. The minimum atomic E-state index is -0.437. The molecule has 0 aromatic heterocycles. The fourth-order valence-electron chi connectivity index (χ4n) is 1.06. The molecule has 0 radical (unpaired) electrons. The number of esters is 1. The molecule has 14 heavy (non-hydrogen) atoms. The van der Waals surface area contributed by atoms with Crippen LogP contribution >= 0.6 is 0 Å². The van der Waals surface area contributed by atoms with Gasteiger partial charge in [-0.05, 0) is 12.2 Å². The number of rotatable bonds is 2. The van der Waals surface area contributed by atoms with E-state index in [2.05, 4.69) is 21.6 Å². The van der Waals surface area contributed by atoms with Gasteiger partial charge in [0.15, 0.2) is 0 Å². The number of carbonyl (C=O) groups is 1. The van der Waals surface area contributed by atoms with E-state index in [0.717, 1.165) is 11.4 Å². The van der Waals surface area contributed by atoms with Crippen LogP contribution in [0, 0.1) is 0 Å². The number of ether oxygens (including phenoxy) is 1. The Balaban J connectivity index is 2.83. The second-order valence-corrected chi connectivity index (χ2v) is 2.67. The molecule has 0 saturated carbocycles. The van der Waals surface area contributed by atoms with Gasteiger partial charge in [-0.3, -0.25) is 4.99 Å². The van der Waals surface area contributed by atoms with E-state index in [0.29, 0.717) is 5.57 Å². The Morgan fingerprint density at radius 3 is 3.00 bits per heavy atom. The molecule has 0 bridgehead atoms. The Kier molecular flexibility index (Phi) is 3.23. The van der Waals surface area contributed by atoms with Gasteiger partial charge in [0.05, 0.1) is 12.7 Å². The van der Waals surface area contributed by atoms with Crippen LogP contribution in [0.1, 0.15) is 0 Å². The van der Waals surface area contributed by atoms with E-state index in [1.165, 1.54) is 7.11 Å². The van der Waals surface area contributed by atoms with Crippen LogP contribution in [0.5, 0.6) is 0 Å².